The van der Waals surface area contributed by atoms with E-state index in [9.17, 15) is 4.79 Å². The van der Waals surface area contributed by atoms with Crippen molar-refractivity contribution in [3.8, 4) is 0 Å². The van der Waals surface area contributed by atoms with Gasteiger partial charge in [0.1, 0.15) is 0 Å². The van der Waals surface area contributed by atoms with Crippen molar-refractivity contribution in [2.45, 2.75) is 39.0 Å². The second-order valence-electron chi connectivity index (χ2n) is 5.95. The molecule has 4 heteroatoms. The summed E-state index contributed by atoms with van der Waals surface area (Å²) in [7, 11) is 0. The monoisotopic (exact) mass is 253 g/mol. The van der Waals surface area contributed by atoms with Crippen molar-refractivity contribution < 1.29 is 4.79 Å². The first-order valence-corrected chi connectivity index (χ1v) is 7.41. The third kappa shape index (κ3) is 2.86. The molecule has 3 N–H and O–H groups in total. The second-order valence-corrected chi connectivity index (χ2v) is 5.95. The van der Waals surface area contributed by atoms with Crippen molar-refractivity contribution in [2.24, 2.45) is 17.1 Å². The first kappa shape index (κ1) is 13.8. The van der Waals surface area contributed by atoms with Crippen molar-refractivity contribution >= 4 is 5.91 Å². The van der Waals surface area contributed by atoms with Crippen molar-refractivity contribution in [3.05, 3.63) is 0 Å². The topological polar surface area (TPSA) is 58.4 Å². The Balaban J connectivity index is 1.78. The minimum Gasteiger partial charge on any atom is -0.355 e. The molecule has 0 aromatic rings. The summed E-state index contributed by atoms with van der Waals surface area (Å²) in [4.78, 5) is 14.8. The number of hydrogen-bond acceptors (Lipinski definition) is 3. The Morgan fingerprint density at radius 1 is 1.44 bits per heavy atom. The lowest BCUT2D eigenvalue weighted by atomic mass is 9.85. The minimum atomic E-state index is -0.247. The highest BCUT2D eigenvalue weighted by molar-refractivity contribution is 5.83. The molecule has 1 amide bonds. The molecule has 2 aliphatic rings. The quantitative estimate of drug-likeness (QED) is 0.767. The van der Waals surface area contributed by atoms with Gasteiger partial charge in [0.15, 0.2) is 0 Å². The molecule has 2 rings (SSSR count). The molecule has 2 fully saturated rings. The van der Waals surface area contributed by atoms with Gasteiger partial charge in [0.05, 0.1) is 5.41 Å². The molecular formula is C14H27N3O. The standard InChI is InChI=1S/C14H27N3O/c1-2-17-8-5-12(10-17)9-16-13(18)14(11-15)6-3-4-7-14/h12H,2-11,15H2,1H3,(H,16,18). The SMILES string of the molecule is CCN1CCC(CNC(=O)C2(CN)CCCC2)C1. The van der Waals surface area contributed by atoms with Crippen LogP contribution in [0.2, 0.25) is 0 Å². The molecule has 0 aromatic carbocycles. The van der Waals surface area contributed by atoms with Crippen LogP contribution in [0.4, 0.5) is 0 Å². The van der Waals surface area contributed by atoms with Crippen LogP contribution in [0.25, 0.3) is 0 Å². The summed E-state index contributed by atoms with van der Waals surface area (Å²) < 4.78 is 0. The predicted molar refractivity (Wildman–Crippen MR) is 73.2 cm³/mol. The van der Waals surface area contributed by atoms with E-state index in [2.05, 4.69) is 17.1 Å². The Labute approximate surface area is 110 Å². The number of carbonyl (C=O) groups excluding carboxylic acids is 1. The summed E-state index contributed by atoms with van der Waals surface area (Å²) in [5, 5.41) is 3.16. The maximum absolute atomic E-state index is 12.3. The lowest BCUT2D eigenvalue weighted by Crippen LogP contribution is -2.45. The fraction of sp³-hybridized carbons (Fsp3) is 0.929. The summed E-state index contributed by atoms with van der Waals surface area (Å²) >= 11 is 0. The first-order valence-electron chi connectivity index (χ1n) is 7.41. The second kappa shape index (κ2) is 6.02. The van der Waals surface area contributed by atoms with Crippen LogP contribution in [0, 0.1) is 11.3 Å². The molecule has 104 valence electrons. The zero-order valence-electron chi connectivity index (χ0n) is 11.6. The summed E-state index contributed by atoms with van der Waals surface area (Å²) in [6.07, 6.45) is 5.46. The van der Waals surface area contributed by atoms with Gasteiger partial charge in [0, 0.05) is 19.6 Å². The molecule has 1 unspecified atom stereocenters. The van der Waals surface area contributed by atoms with E-state index in [-0.39, 0.29) is 11.3 Å². The summed E-state index contributed by atoms with van der Waals surface area (Å²) in [5.74, 6) is 0.836. The van der Waals surface area contributed by atoms with Crippen LogP contribution in [-0.2, 0) is 4.79 Å². The number of hydrogen-bond donors (Lipinski definition) is 2. The van der Waals surface area contributed by atoms with Crippen LogP contribution in [0.1, 0.15) is 39.0 Å². The van der Waals surface area contributed by atoms with Crippen LogP contribution >= 0.6 is 0 Å². The van der Waals surface area contributed by atoms with Crippen LogP contribution < -0.4 is 11.1 Å². The molecule has 4 nitrogen and oxygen atoms in total. The van der Waals surface area contributed by atoms with Gasteiger partial charge < -0.3 is 16.0 Å². The predicted octanol–water partition coefficient (Wildman–Crippen LogP) is 0.964. The first-order chi connectivity index (χ1) is 8.70. The van der Waals surface area contributed by atoms with Gasteiger partial charge in [-0.05, 0) is 38.3 Å². The molecular weight excluding hydrogens is 226 g/mol. The highest BCUT2D eigenvalue weighted by Crippen LogP contribution is 2.37. The molecule has 1 aliphatic carbocycles. The lowest BCUT2D eigenvalue weighted by molar-refractivity contribution is -0.130. The highest BCUT2D eigenvalue weighted by atomic mass is 16.2. The van der Waals surface area contributed by atoms with Gasteiger partial charge >= 0.3 is 0 Å². The number of rotatable bonds is 5. The van der Waals surface area contributed by atoms with E-state index >= 15 is 0 Å². The molecule has 0 bridgehead atoms. The van der Waals surface area contributed by atoms with Crippen molar-refractivity contribution in [1.29, 1.82) is 0 Å². The number of nitrogens with zero attached hydrogens (tertiary/aromatic N) is 1. The molecule has 1 aliphatic heterocycles. The Morgan fingerprint density at radius 3 is 2.72 bits per heavy atom. The molecule has 1 heterocycles. The van der Waals surface area contributed by atoms with Crippen LogP contribution in [0.15, 0.2) is 0 Å². The van der Waals surface area contributed by atoms with E-state index in [1.807, 2.05) is 0 Å². The third-order valence-corrected chi connectivity index (χ3v) is 4.80. The summed E-state index contributed by atoms with van der Waals surface area (Å²) in [6, 6.07) is 0. The highest BCUT2D eigenvalue weighted by Gasteiger charge is 2.39. The number of amides is 1. The van der Waals surface area contributed by atoms with Crippen LogP contribution in [0.5, 0.6) is 0 Å². The van der Waals surface area contributed by atoms with Gasteiger partial charge in [-0.25, -0.2) is 0 Å². The molecule has 0 aromatic heterocycles. The van der Waals surface area contributed by atoms with Gasteiger partial charge in [-0.2, -0.15) is 0 Å². The maximum atomic E-state index is 12.3. The van der Waals surface area contributed by atoms with Crippen molar-refractivity contribution in [1.82, 2.24) is 10.2 Å². The zero-order valence-corrected chi connectivity index (χ0v) is 11.6. The minimum absolute atomic E-state index is 0.206. The van der Waals surface area contributed by atoms with E-state index < -0.39 is 0 Å². The average molecular weight is 253 g/mol. The zero-order chi connectivity index (χ0) is 13.0. The molecule has 1 saturated heterocycles. The number of carbonyl (C=O) groups is 1. The molecule has 18 heavy (non-hydrogen) atoms. The number of nitrogens with one attached hydrogen (secondary N) is 1. The average Bonchev–Trinajstić information content (AvgIpc) is 3.05. The normalized spacial score (nSPS) is 27.6. The smallest absolute Gasteiger partial charge is 0.227 e. The third-order valence-electron chi connectivity index (χ3n) is 4.80. The van der Waals surface area contributed by atoms with E-state index in [4.69, 9.17) is 5.73 Å². The Bertz CT molecular complexity index is 287. The van der Waals surface area contributed by atoms with Crippen molar-refractivity contribution in [3.63, 3.8) is 0 Å². The van der Waals surface area contributed by atoms with E-state index in [1.54, 1.807) is 0 Å². The van der Waals surface area contributed by atoms with Gasteiger partial charge in [0.2, 0.25) is 5.91 Å². The van der Waals surface area contributed by atoms with Crippen LogP contribution in [-0.4, -0.2) is 43.5 Å². The molecule has 1 saturated carbocycles. The Hall–Kier alpha value is -0.610. The van der Waals surface area contributed by atoms with E-state index in [0.717, 1.165) is 45.3 Å². The number of likely N-dealkylation sites (tertiary alicyclic amines) is 1. The van der Waals surface area contributed by atoms with Gasteiger partial charge in [0.25, 0.3) is 0 Å². The molecule has 1 atom stereocenters. The fourth-order valence-electron chi connectivity index (χ4n) is 3.37. The molecule has 0 radical (unpaired) electrons. The lowest BCUT2D eigenvalue weighted by Gasteiger charge is -2.26. The van der Waals surface area contributed by atoms with Gasteiger partial charge in [-0.15, -0.1) is 0 Å². The Morgan fingerprint density at radius 2 is 2.17 bits per heavy atom. The van der Waals surface area contributed by atoms with Gasteiger partial charge in [-0.1, -0.05) is 19.8 Å². The maximum Gasteiger partial charge on any atom is 0.227 e. The largest absolute Gasteiger partial charge is 0.355 e. The fourth-order valence-corrected chi connectivity index (χ4v) is 3.37. The Kier molecular flexibility index (Phi) is 4.62. The van der Waals surface area contributed by atoms with Crippen molar-refractivity contribution in [2.75, 3.05) is 32.7 Å². The molecule has 0 spiro atoms. The number of nitrogens with two attached hydrogens (primary N) is 1. The summed E-state index contributed by atoms with van der Waals surface area (Å²) in [5.41, 5.74) is 5.58. The van der Waals surface area contributed by atoms with E-state index in [1.165, 1.54) is 13.0 Å². The van der Waals surface area contributed by atoms with Crippen LogP contribution in [0.3, 0.4) is 0 Å². The summed E-state index contributed by atoms with van der Waals surface area (Å²) in [6.45, 7) is 6.97. The van der Waals surface area contributed by atoms with E-state index in [0.29, 0.717) is 12.5 Å². The van der Waals surface area contributed by atoms with Gasteiger partial charge in [-0.3, -0.25) is 4.79 Å².